The molecule has 1 heteroatoms. The van der Waals surface area contributed by atoms with Gasteiger partial charge in [-0.05, 0) is 18.0 Å². The van der Waals surface area contributed by atoms with E-state index in [9.17, 15) is 0 Å². The Morgan fingerprint density at radius 1 is 1.33 bits per heavy atom. The van der Waals surface area contributed by atoms with E-state index in [2.05, 4.69) is 30.0 Å². The quantitative estimate of drug-likeness (QED) is 0.534. The maximum Gasteiger partial charge on any atom is -0.0181 e. The molecule has 0 nitrogen and oxygen atoms in total. The molecule has 0 bridgehead atoms. The first-order valence-electron chi connectivity index (χ1n) is 3.91. The minimum absolute atomic E-state index is 0.510. The zero-order valence-electron chi connectivity index (χ0n) is 6.91. The molecule has 0 aromatic carbocycles. The summed E-state index contributed by atoms with van der Waals surface area (Å²) >= 11 is 0. The van der Waals surface area contributed by atoms with Gasteiger partial charge in [0.2, 0.25) is 0 Å². The van der Waals surface area contributed by atoms with E-state index in [0.29, 0.717) is 5.16 Å². The number of rotatable bonds is 4. The first kappa shape index (κ1) is 9.43. The van der Waals surface area contributed by atoms with Gasteiger partial charge in [0.15, 0.2) is 0 Å². The van der Waals surface area contributed by atoms with Gasteiger partial charge in [-0.15, -0.1) is 9.24 Å². The van der Waals surface area contributed by atoms with Crippen LogP contribution in [0.1, 0.15) is 46.5 Å². The van der Waals surface area contributed by atoms with Crippen LogP contribution in [-0.2, 0) is 0 Å². The highest BCUT2D eigenvalue weighted by Crippen LogP contribution is 2.27. The summed E-state index contributed by atoms with van der Waals surface area (Å²) in [7, 11) is 2.94. The third-order valence-electron chi connectivity index (χ3n) is 1.91. The molecule has 0 amide bonds. The van der Waals surface area contributed by atoms with Crippen LogP contribution in [0.2, 0.25) is 0 Å². The largest absolute Gasteiger partial charge is 0.131 e. The van der Waals surface area contributed by atoms with Crippen molar-refractivity contribution in [1.29, 1.82) is 0 Å². The molecule has 0 aliphatic rings. The molecule has 0 saturated carbocycles. The van der Waals surface area contributed by atoms with Gasteiger partial charge < -0.3 is 0 Å². The third-order valence-corrected chi connectivity index (χ3v) is 2.61. The number of hydrogen-bond donors (Lipinski definition) is 0. The molecule has 0 radical (unpaired) electrons. The Labute approximate surface area is 61.6 Å². The van der Waals surface area contributed by atoms with Gasteiger partial charge in [-0.1, -0.05) is 33.6 Å². The van der Waals surface area contributed by atoms with Gasteiger partial charge in [0, 0.05) is 0 Å². The van der Waals surface area contributed by atoms with Crippen molar-refractivity contribution in [2.24, 2.45) is 0 Å². The summed E-state index contributed by atoms with van der Waals surface area (Å²) in [4.78, 5) is 0. The van der Waals surface area contributed by atoms with E-state index in [1.165, 1.54) is 25.7 Å². The van der Waals surface area contributed by atoms with Crippen LogP contribution in [0.15, 0.2) is 0 Å². The molecule has 9 heavy (non-hydrogen) atoms. The Bertz CT molecular complexity index is 67.0. The van der Waals surface area contributed by atoms with E-state index in [-0.39, 0.29) is 0 Å². The molecule has 0 aromatic heterocycles. The number of unbranched alkanes of at least 4 members (excludes halogenated alkanes) is 1. The summed E-state index contributed by atoms with van der Waals surface area (Å²) in [5.74, 6) is 0. The standard InChI is InChI=1S/C8H19P/c1-4-6-7-8(3,9)5-2/h4-7,9H2,1-3H3. The summed E-state index contributed by atoms with van der Waals surface area (Å²) in [6.07, 6.45) is 5.32. The zero-order chi connectivity index (χ0) is 7.33. The fraction of sp³-hybridized carbons (Fsp3) is 1.00. The molecule has 0 saturated heterocycles. The first-order valence-corrected chi connectivity index (χ1v) is 4.49. The van der Waals surface area contributed by atoms with Gasteiger partial charge in [-0.25, -0.2) is 0 Å². The zero-order valence-corrected chi connectivity index (χ0v) is 8.06. The van der Waals surface area contributed by atoms with Crippen molar-refractivity contribution in [2.75, 3.05) is 0 Å². The molecule has 0 aromatic rings. The van der Waals surface area contributed by atoms with E-state index in [1.54, 1.807) is 0 Å². The first-order chi connectivity index (χ1) is 4.12. The van der Waals surface area contributed by atoms with E-state index >= 15 is 0 Å². The molecule has 2 unspecified atom stereocenters. The van der Waals surface area contributed by atoms with Gasteiger partial charge in [0.05, 0.1) is 0 Å². The van der Waals surface area contributed by atoms with Crippen LogP contribution < -0.4 is 0 Å². The molecule has 0 rings (SSSR count). The highest BCUT2D eigenvalue weighted by Gasteiger charge is 2.12. The average molecular weight is 146 g/mol. The molecule has 0 spiro atoms. The van der Waals surface area contributed by atoms with Crippen molar-refractivity contribution in [3.63, 3.8) is 0 Å². The highest BCUT2D eigenvalue weighted by molar-refractivity contribution is 7.18. The number of hydrogen-bond acceptors (Lipinski definition) is 0. The van der Waals surface area contributed by atoms with Crippen LogP contribution in [-0.4, -0.2) is 5.16 Å². The fourth-order valence-electron chi connectivity index (χ4n) is 0.757. The summed E-state index contributed by atoms with van der Waals surface area (Å²) in [6.45, 7) is 6.81. The minimum atomic E-state index is 0.510. The van der Waals surface area contributed by atoms with E-state index in [1.807, 2.05) is 0 Å². The molecule has 2 atom stereocenters. The Balaban J connectivity index is 3.33. The molecule has 0 aliphatic heterocycles. The van der Waals surface area contributed by atoms with Crippen molar-refractivity contribution in [2.45, 2.75) is 51.6 Å². The molecular formula is C8H19P. The Morgan fingerprint density at radius 2 is 1.89 bits per heavy atom. The summed E-state index contributed by atoms with van der Waals surface area (Å²) in [6, 6.07) is 0. The molecule has 0 heterocycles. The molecule has 0 N–H and O–H groups in total. The smallest absolute Gasteiger partial charge is 0.0181 e. The predicted molar refractivity (Wildman–Crippen MR) is 47.9 cm³/mol. The Hall–Kier alpha value is 0.430. The van der Waals surface area contributed by atoms with E-state index in [0.717, 1.165) is 0 Å². The second-order valence-electron chi connectivity index (χ2n) is 3.11. The summed E-state index contributed by atoms with van der Waals surface area (Å²) in [5, 5.41) is 0.510. The Morgan fingerprint density at radius 3 is 2.22 bits per heavy atom. The van der Waals surface area contributed by atoms with Crippen LogP contribution in [0.4, 0.5) is 0 Å². The lowest BCUT2D eigenvalue weighted by Crippen LogP contribution is -2.12. The molecule has 0 fully saturated rings. The van der Waals surface area contributed by atoms with Gasteiger partial charge in [-0.3, -0.25) is 0 Å². The monoisotopic (exact) mass is 146 g/mol. The van der Waals surface area contributed by atoms with Crippen molar-refractivity contribution < 1.29 is 0 Å². The lowest BCUT2D eigenvalue weighted by atomic mass is 10.0. The summed E-state index contributed by atoms with van der Waals surface area (Å²) in [5.41, 5.74) is 0. The maximum atomic E-state index is 2.94. The van der Waals surface area contributed by atoms with Gasteiger partial charge in [0.25, 0.3) is 0 Å². The van der Waals surface area contributed by atoms with Gasteiger partial charge in [0.1, 0.15) is 0 Å². The van der Waals surface area contributed by atoms with Crippen LogP contribution in [0.25, 0.3) is 0 Å². The second-order valence-corrected chi connectivity index (χ2v) is 4.50. The van der Waals surface area contributed by atoms with E-state index < -0.39 is 0 Å². The van der Waals surface area contributed by atoms with Crippen LogP contribution in [0, 0.1) is 0 Å². The van der Waals surface area contributed by atoms with Crippen molar-refractivity contribution in [3.8, 4) is 0 Å². The molecule has 56 valence electrons. The van der Waals surface area contributed by atoms with Crippen LogP contribution in [0.5, 0.6) is 0 Å². The average Bonchev–Trinajstić information content (AvgIpc) is 1.84. The SMILES string of the molecule is CCCCC(C)(P)CC. The molecule has 0 aliphatic carbocycles. The molecular weight excluding hydrogens is 127 g/mol. The third kappa shape index (κ3) is 4.90. The van der Waals surface area contributed by atoms with Crippen LogP contribution in [0.3, 0.4) is 0 Å². The van der Waals surface area contributed by atoms with Crippen molar-refractivity contribution >= 4 is 9.24 Å². The van der Waals surface area contributed by atoms with Gasteiger partial charge in [-0.2, -0.15) is 0 Å². The highest BCUT2D eigenvalue weighted by atomic mass is 31.0. The topological polar surface area (TPSA) is 0 Å². The second kappa shape index (κ2) is 4.28. The van der Waals surface area contributed by atoms with Gasteiger partial charge >= 0.3 is 0 Å². The minimum Gasteiger partial charge on any atom is -0.131 e. The fourth-order valence-corrected chi connectivity index (χ4v) is 0.962. The lowest BCUT2D eigenvalue weighted by molar-refractivity contribution is 0.538. The summed E-state index contributed by atoms with van der Waals surface area (Å²) < 4.78 is 0. The van der Waals surface area contributed by atoms with Crippen molar-refractivity contribution in [1.82, 2.24) is 0 Å². The maximum absolute atomic E-state index is 2.94. The predicted octanol–water partition coefficient (Wildman–Crippen LogP) is 3.22. The van der Waals surface area contributed by atoms with E-state index in [4.69, 9.17) is 0 Å². The lowest BCUT2D eigenvalue weighted by Gasteiger charge is -2.21. The van der Waals surface area contributed by atoms with Crippen molar-refractivity contribution in [3.05, 3.63) is 0 Å². The normalized spacial score (nSPS) is 17.3. The van der Waals surface area contributed by atoms with Crippen LogP contribution >= 0.6 is 9.24 Å². The Kier molecular flexibility index (Phi) is 4.48.